The van der Waals surface area contributed by atoms with Crippen molar-refractivity contribution in [3.63, 3.8) is 0 Å². The number of thioether (sulfide) groups is 1. The zero-order chi connectivity index (χ0) is 9.26. The van der Waals surface area contributed by atoms with Gasteiger partial charge in [0.15, 0.2) is 4.67 Å². The summed E-state index contributed by atoms with van der Waals surface area (Å²) in [5.74, 6) is 3.03. The van der Waals surface area contributed by atoms with Crippen LogP contribution in [0, 0.1) is 0 Å². The van der Waals surface area contributed by atoms with Gasteiger partial charge in [-0.3, -0.25) is 0 Å². The van der Waals surface area contributed by atoms with Gasteiger partial charge in [-0.25, -0.2) is 0 Å². The van der Waals surface area contributed by atoms with Gasteiger partial charge in [0.05, 0.1) is 5.69 Å². The van der Waals surface area contributed by atoms with Crippen molar-refractivity contribution < 1.29 is 4.42 Å². The molecule has 4 heteroatoms. The third-order valence-corrected chi connectivity index (χ3v) is 4.21. The van der Waals surface area contributed by atoms with E-state index in [2.05, 4.69) is 15.9 Å². The lowest BCUT2D eigenvalue weighted by Gasteiger charge is -2.20. The first-order valence-electron chi connectivity index (χ1n) is 4.39. The van der Waals surface area contributed by atoms with Crippen LogP contribution in [-0.2, 0) is 0 Å². The van der Waals surface area contributed by atoms with Crippen molar-refractivity contribution in [2.45, 2.75) is 18.8 Å². The summed E-state index contributed by atoms with van der Waals surface area (Å²) in [7, 11) is 0. The van der Waals surface area contributed by atoms with E-state index in [1.165, 1.54) is 29.9 Å². The van der Waals surface area contributed by atoms with Gasteiger partial charge < -0.3 is 10.2 Å². The molecule has 1 aliphatic rings. The van der Waals surface area contributed by atoms with E-state index in [-0.39, 0.29) is 0 Å². The Morgan fingerprint density at radius 3 is 3.00 bits per heavy atom. The molecule has 72 valence electrons. The van der Waals surface area contributed by atoms with E-state index < -0.39 is 0 Å². The van der Waals surface area contributed by atoms with Crippen molar-refractivity contribution in [3.05, 3.63) is 16.5 Å². The van der Waals surface area contributed by atoms with E-state index in [0.717, 1.165) is 10.4 Å². The second-order valence-corrected chi connectivity index (χ2v) is 5.16. The third-order valence-electron chi connectivity index (χ3n) is 2.38. The highest BCUT2D eigenvalue weighted by molar-refractivity contribution is 9.10. The number of hydrogen-bond acceptors (Lipinski definition) is 3. The molecule has 2 rings (SSSR count). The molecule has 0 aliphatic carbocycles. The Balaban J connectivity index is 2.22. The lowest BCUT2D eigenvalue weighted by atomic mass is 9.98. The van der Waals surface area contributed by atoms with Crippen molar-refractivity contribution in [2.24, 2.45) is 0 Å². The van der Waals surface area contributed by atoms with Crippen molar-refractivity contribution >= 4 is 33.4 Å². The van der Waals surface area contributed by atoms with Crippen LogP contribution >= 0.6 is 27.7 Å². The number of nitrogen functional groups attached to an aromatic ring is 1. The standard InChI is InChI=1S/C9H12BrNOS/c10-9-8(7(11)4-12-9)6-2-1-3-13-5-6/h4,6H,1-3,5,11H2. The summed E-state index contributed by atoms with van der Waals surface area (Å²) in [5.41, 5.74) is 7.80. The molecule has 0 spiro atoms. The van der Waals surface area contributed by atoms with Gasteiger partial charge in [-0.2, -0.15) is 11.8 Å². The first-order valence-corrected chi connectivity index (χ1v) is 6.34. The van der Waals surface area contributed by atoms with E-state index in [1.54, 1.807) is 6.26 Å². The zero-order valence-electron chi connectivity index (χ0n) is 7.25. The minimum atomic E-state index is 0.576. The first kappa shape index (κ1) is 9.46. The average Bonchev–Trinajstić information content (AvgIpc) is 2.48. The molecule has 2 heterocycles. The fraction of sp³-hybridized carbons (Fsp3) is 0.556. The van der Waals surface area contributed by atoms with Gasteiger partial charge in [0.25, 0.3) is 0 Å². The van der Waals surface area contributed by atoms with E-state index in [4.69, 9.17) is 10.2 Å². The highest BCUT2D eigenvalue weighted by Crippen LogP contribution is 2.39. The lowest BCUT2D eigenvalue weighted by Crippen LogP contribution is -2.09. The predicted octanol–water partition coefficient (Wildman–Crippen LogP) is 3.23. The number of halogens is 1. The molecular formula is C9H12BrNOS. The lowest BCUT2D eigenvalue weighted by molar-refractivity contribution is 0.529. The summed E-state index contributed by atoms with van der Waals surface area (Å²) >= 11 is 5.40. The molecule has 1 saturated heterocycles. The molecule has 1 unspecified atom stereocenters. The van der Waals surface area contributed by atoms with Gasteiger partial charge in [0, 0.05) is 11.3 Å². The van der Waals surface area contributed by atoms with Crippen LogP contribution < -0.4 is 5.73 Å². The van der Waals surface area contributed by atoms with Gasteiger partial charge in [-0.15, -0.1) is 0 Å². The van der Waals surface area contributed by atoms with Crippen LogP contribution in [0.15, 0.2) is 15.3 Å². The van der Waals surface area contributed by atoms with Crippen molar-refractivity contribution in [2.75, 3.05) is 17.2 Å². The van der Waals surface area contributed by atoms with E-state index >= 15 is 0 Å². The van der Waals surface area contributed by atoms with Gasteiger partial charge >= 0.3 is 0 Å². The summed E-state index contributed by atoms with van der Waals surface area (Å²) in [4.78, 5) is 0. The van der Waals surface area contributed by atoms with Gasteiger partial charge in [-0.1, -0.05) is 0 Å². The van der Waals surface area contributed by atoms with Crippen LogP contribution in [0.25, 0.3) is 0 Å². The smallest absolute Gasteiger partial charge is 0.174 e. The van der Waals surface area contributed by atoms with Gasteiger partial charge in [0.1, 0.15) is 6.26 Å². The third kappa shape index (κ3) is 1.89. The summed E-state index contributed by atoms with van der Waals surface area (Å²) in [6.45, 7) is 0. The molecule has 2 nitrogen and oxygen atoms in total. The molecule has 1 aromatic rings. The molecule has 1 atom stereocenters. The molecule has 0 radical (unpaired) electrons. The minimum absolute atomic E-state index is 0.576. The molecule has 0 saturated carbocycles. The number of rotatable bonds is 1. The SMILES string of the molecule is Nc1coc(Br)c1C1CCCSC1. The Morgan fingerprint density at radius 1 is 1.62 bits per heavy atom. The normalized spacial score (nSPS) is 23.3. The fourth-order valence-electron chi connectivity index (χ4n) is 1.72. The maximum Gasteiger partial charge on any atom is 0.174 e. The number of furan rings is 1. The molecular weight excluding hydrogens is 250 g/mol. The number of anilines is 1. The topological polar surface area (TPSA) is 39.2 Å². The Kier molecular flexibility index (Phi) is 2.89. The molecule has 0 aromatic carbocycles. The van der Waals surface area contributed by atoms with Crippen molar-refractivity contribution in [1.82, 2.24) is 0 Å². The van der Waals surface area contributed by atoms with Crippen molar-refractivity contribution in [1.29, 1.82) is 0 Å². The van der Waals surface area contributed by atoms with Crippen LogP contribution in [0.3, 0.4) is 0 Å². The highest BCUT2D eigenvalue weighted by Gasteiger charge is 2.22. The van der Waals surface area contributed by atoms with Crippen LogP contribution in [0.4, 0.5) is 5.69 Å². The second kappa shape index (κ2) is 3.96. The Labute approximate surface area is 90.4 Å². The number of hydrogen-bond donors (Lipinski definition) is 1. The molecule has 1 fully saturated rings. The zero-order valence-corrected chi connectivity index (χ0v) is 9.66. The fourth-order valence-corrected chi connectivity index (χ4v) is 3.52. The van der Waals surface area contributed by atoms with Gasteiger partial charge in [-0.05, 0) is 40.4 Å². The molecule has 2 N–H and O–H groups in total. The number of nitrogens with two attached hydrogens (primary N) is 1. The van der Waals surface area contributed by atoms with E-state index in [9.17, 15) is 0 Å². The van der Waals surface area contributed by atoms with Crippen molar-refractivity contribution in [3.8, 4) is 0 Å². The summed E-state index contributed by atoms with van der Waals surface area (Å²) < 4.78 is 6.05. The largest absolute Gasteiger partial charge is 0.455 e. The Hall–Kier alpha value is -0.0900. The molecule has 1 aromatic heterocycles. The molecule has 0 bridgehead atoms. The van der Waals surface area contributed by atoms with Crippen LogP contribution in [0.5, 0.6) is 0 Å². The maximum absolute atomic E-state index is 5.84. The molecule has 13 heavy (non-hydrogen) atoms. The van der Waals surface area contributed by atoms with Crippen LogP contribution in [0.1, 0.15) is 24.3 Å². The monoisotopic (exact) mass is 261 g/mol. The molecule has 0 amide bonds. The molecule has 1 aliphatic heterocycles. The van der Waals surface area contributed by atoms with Crippen LogP contribution in [-0.4, -0.2) is 11.5 Å². The van der Waals surface area contributed by atoms with Crippen LogP contribution in [0.2, 0.25) is 0 Å². The maximum atomic E-state index is 5.84. The minimum Gasteiger partial charge on any atom is -0.455 e. The summed E-state index contributed by atoms with van der Waals surface area (Å²) in [5, 5.41) is 0. The Bertz CT molecular complexity index is 274. The van der Waals surface area contributed by atoms with E-state index in [1.807, 2.05) is 11.8 Å². The quantitative estimate of drug-likeness (QED) is 0.844. The predicted molar refractivity (Wildman–Crippen MR) is 60.1 cm³/mol. The summed E-state index contributed by atoms with van der Waals surface area (Å²) in [6.07, 6.45) is 4.14. The van der Waals surface area contributed by atoms with E-state index in [0.29, 0.717) is 5.92 Å². The second-order valence-electron chi connectivity index (χ2n) is 3.29. The first-order chi connectivity index (χ1) is 6.29. The highest BCUT2D eigenvalue weighted by atomic mass is 79.9. The van der Waals surface area contributed by atoms with Gasteiger partial charge in [0.2, 0.25) is 0 Å². The average molecular weight is 262 g/mol. The summed E-state index contributed by atoms with van der Waals surface area (Å²) in [6, 6.07) is 0. The Morgan fingerprint density at radius 2 is 2.46 bits per heavy atom.